The lowest BCUT2D eigenvalue weighted by molar-refractivity contribution is 0.397. The van der Waals surface area contributed by atoms with E-state index in [2.05, 4.69) is 51.8 Å². The Morgan fingerprint density at radius 3 is 2.32 bits per heavy atom. The quantitative estimate of drug-likeness (QED) is 0.826. The molecule has 1 unspecified atom stereocenters. The van der Waals surface area contributed by atoms with E-state index < -0.39 is 0 Å². The van der Waals surface area contributed by atoms with Crippen LogP contribution in [0.15, 0.2) is 42.6 Å². The van der Waals surface area contributed by atoms with Crippen molar-refractivity contribution in [1.82, 2.24) is 4.98 Å². The van der Waals surface area contributed by atoms with Gasteiger partial charge >= 0.3 is 0 Å². The van der Waals surface area contributed by atoms with Crippen LogP contribution in [0, 0.1) is 3.57 Å². The largest absolute Gasteiger partial charge is 0.481 e. The number of nitrogens with two attached hydrogens (primary N) is 1. The maximum atomic E-state index is 6.19. The molecule has 0 aliphatic rings. The van der Waals surface area contributed by atoms with Crippen LogP contribution in [0.2, 0.25) is 0 Å². The molecule has 2 aromatic rings. The average Bonchev–Trinajstić information content (AvgIpc) is 2.42. The number of hydrogen-bond donors (Lipinski definition) is 1. The summed E-state index contributed by atoms with van der Waals surface area (Å²) < 4.78 is 6.28. The first-order chi connectivity index (χ1) is 9.17. The van der Waals surface area contributed by atoms with Crippen molar-refractivity contribution >= 4 is 22.6 Å². The number of nitrogens with zero attached hydrogens (tertiary/aromatic N) is 1. The van der Waals surface area contributed by atoms with Crippen molar-refractivity contribution in [2.24, 2.45) is 5.73 Å². The van der Waals surface area contributed by atoms with E-state index in [1.54, 1.807) is 7.11 Å². The first-order valence-corrected chi connectivity index (χ1v) is 7.24. The fourth-order valence-corrected chi connectivity index (χ4v) is 2.31. The highest BCUT2D eigenvalue weighted by Crippen LogP contribution is 2.12. The molecule has 0 fully saturated rings. The lowest BCUT2D eigenvalue weighted by Gasteiger charge is -2.12. The van der Waals surface area contributed by atoms with Crippen LogP contribution in [-0.4, -0.2) is 18.1 Å². The monoisotopic (exact) mass is 368 g/mol. The lowest BCUT2D eigenvalue weighted by Crippen LogP contribution is -2.25. The summed E-state index contributed by atoms with van der Waals surface area (Å²) in [6.45, 7) is 0. The highest BCUT2D eigenvalue weighted by atomic mass is 127. The van der Waals surface area contributed by atoms with Gasteiger partial charge in [0.1, 0.15) is 0 Å². The molecule has 3 nitrogen and oxygen atoms in total. The summed E-state index contributed by atoms with van der Waals surface area (Å²) in [5.74, 6) is 0.634. The average molecular weight is 368 g/mol. The molecule has 1 aromatic carbocycles. The molecule has 100 valence electrons. The number of hydrogen-bond acceptors (Lipinski definition) is 3. The van der Waals surface area contributed by atoms with Crippen LogP contribution >= 0.6 is 22.6 Å². The zero-order chi connectivity index (χ0) is 13.7. The summed E-state index contributed by atoms with van der Waals surface area (Å²) >= 11 is 2.30. The smallest absolute Gasteiger partial charge is 0.212 e. The lowest BCUT2D eigenvalue weighted by atomic mass is 10.0. The minimum Gasteiger partial charge on any atom is -0.481 e. The Morgan fingerprint density at radius 1 is 1.11 bits per heavy atom. The summed E-state index contributed by atoms with van der Waals surface area (Å²) in [7, 11) is 1.62. The third kappa shape index (κ3) is 4.47. The number of ether oxygens (including phenoxy) is 1. The predicted molar refractivity (Wildman–Crippen MR) is 85.3 cm³/mol. The summed E-state index contributed by atoms with van der Waals surface area (Å²) in [6, 6.07) is 12.5. The van der Waals surface area contributed by atoms with Gasteiger partial charge in [0, 0.05) is 21.9 Å². The van der Waals surface area contributed by atoms with Gasteiger partial charge in [-0.3, -0.25) is 0 Å². The normalized spacial score (nSPS) is 12.2. The van der Waals surface area contributed by atoms with Crippen molar-refractivity contribution in [2.45, 2.75) is 18.9 Å². The maximum Gasteiger partial charge on any atom is 0.212 e. The van der Waals surface area contributed by atoms with E-state index in [-0.39, 0.29) is 6.04 Å². The van der Waals surface area contributed by atoms with Crippen molar-refractivity contribution in [1.29, 1.82) is 0 Å². The molecule has 0 aliphatic heterocycles. The third-order valence-electron chi connectivity index (χ3n) is 2.92. The molecule has 1 aromatic heterocycles. The number of rotatable bonds is 5. The Kier molecular flexibility index (Phi) is 5.15. The minimum atomic E-state index is 0.107. The van der Waals surface area contributed by atoms with Gasteiger partial charge in [0.05, 0.1) is 7.11 Å². The number of halogens is 1. The van der Waals surface area contributed by atoms with Crippen LogP contribution in [0.25, 0.3) is 0 Å². The van der Waals surface area contributed by atoms with E-state index >= 15 is 0 Å². The van der Waals surface area contributed by atoms with Crippen LogP contribution < -0.4 is 10.5 Å². The Balaban J connectivity index is 1.92. The Morgan fingerprint density at radius 2 is 1.74 bits per heavy atom. The molecule has 1 atom stereocenters. The van der Waals surface area contributed by atoms with Gasteiger partial charge in [-0.2, -0.15) is 0 Å². The van der Waals surface area contributed by atoms with Crippen molar-refractivity contribution in [3.05, 3.63) is 57.3 Å². The van der Waals surface area contributed by atoms with Gasteiger partial charge in [-0.15, -0.1) is 0 Å². The van der Waals surface area contributed by atoms with E-state index in [0.717, 1.165) is 18.4 Å². The predicted octanol–water partition coefficient (Wildman–Crippen LogP) is 2.81. The highest BCUT2D eigenvalue weighted by Gasteiger charge is 2.06. The van der Waals surface area contributed by atoms with Crippen LogP contribution in [0.1, 0.15) is 11.1 Å². The molecule has 0 spiro atoms. The molecule has 0 radical (unpaired) electrons. The Labute approximate surface area is 127 Å². The molecule has 0 aliphatic carbocycles. The number of aromatic nitrogens is 1. The maximum absolute atomic E-state index is 6.19. The summed E-state index contributed by atoms with van der Waals surface area (Å²) in [4.78, 5) is 4.19. The van der Waals surface area contributed by atoms with Crippen LogP contribution in [0.3, 0.4) is 0 Å². The molecule has 2 N–H and O–H groups in total. The highest BCUT2D eigenvalue weighted by molar-refractivity contribution is 14.1. The van der Waals surface area contributed by atoms with Gasteiger partial charge in [-0.25, -0.2) is 4.98 Å². The molecule has 1 heterocycles. The van der Waals surface area contributed by atoms with Gasteiger partial charge in [-0.05, 0) is 58.7 Å². The summed E-state index contributed by atoms with van der Waals surface area (Å²) in [5, 5.41) is 0. The fraction of sp³-hybridized carbons (Fsp3) is 0.267. The Hall–Kier alpha value is -1.14. The standard InChI is InChI=1S/C15H17IN2O/c1-19-15-7-4-12(10-18-15)9-14(17)8-11-2-5-13(16)6-3-11/h2-7,10,14H,8-9,17H2,1H3. The van der Waals surface area contributed by atoms with Crippen molar-refractivity contribution in [2.75, 3.05) is 7.11 Å². The van der Waals surface area contributed by atoms with Crippen molar-refractivity contribution in [3.63, 3.8) is 0 Å². The number of benzene rings is 1. The molecule has 0 saturated heterocycles. The van der Waals surface area contributed by atoms with E-state index in [4.69, 9.17) is 10.5 Å². The first-order valence-electron chi connectivity index (χ1n) is 6.16. The van der Waals surface area contributed by atoms with E-state index in [1.165, 1.54) is 9.13 Å². The first kappa shape index (κ1) is 14.3. The van der Waals surface area contributed by atoms with Gasteiger partial charge in [0.25, 0.3) is 0 Å². The van der Waals surface area contributed by atoms with Crippen LogP contribution in [-0.2, 0) is 12.8 Å². The second-order valence-electron chi connectivity index (χ2n) is 4.50. The topological polar surface area (TPSA) is 48.1 Å². The van der Waals surface area contributed by atoms with E-state index in [1.807, 2.05) is 18.3 Å². The zero-order valence-corrected chi connectivity index (χ0v) is 13.0. The van der Waals surface area contributed by atoms with Crippen molar-refractivity contribution < 1.29 is 4.74 Å². The molecule has 2 rings (SSSR count). The fourth-order valence-electron chi connectivity index (χ4n) is 1.95. The molecule has 4 heteroatoms. The van der Waals surface area contributed by atoms with Gasteiger partial charge in [0.2, 0.25) is 5.88 Å². The molecular weight excluding hydrogens is 351 g/mol. The Bertz CT molecular complexity index is 511. The van der Waals surface area contributed by atoms with E-state index in [0.29, 0.717) is 5.88 Å². The summed E-state index contributed by atoms with van der Waals surface area (Å²) in [5.41, 5.74) is 8.60. The summed E-state index contributed by atoms with van der Waals surface area (Å²) in [6.07, 6.45) is 3.53. The molecule has 0 amide bonds. The molecular formula is C15H17IN2O. The minimum absolute atomic E-state index is 0.107. The molecule has 0 saturated carbocycles. The SMILES string of the molecule is COc1ccc(CC(N)Cc2ccc(I)cc2)cn1. The van der Waals surface area contributed by atoms with Crippen LogP contribution in [0.4, 0.5) is 0 Å². The molecule has 0 bridgehead atoms. The van der Waals surface area contributed by atoms with E-state index in [9.17, 15) is 0 Å². The van der Waals surface area contributed by atoms with Crippen LogP contribution in [0.5, 0.6) is 5.88 Å². The van der Waals surface area contributed by atoms with Crippen molar-refractivity contribution in [3.8, 4) is 5.88 Å². The second kappa shape index (κ2) is 6.86. The molecule has 19 heavy (non-hydrogen) atoms. The van der Waals surface area contributed by atoms with Gasteiger partial charge < -0.3 is 10.5 Å². The van der Waals surface area contributed by atoms with Gasteiger partial charge in [0.15, 0.2) is 0 Å². The number of pyridine rings is 1. The zero-order valence-electron chi connectivity index (χ0n) is 10.8. The number of methoxy groups -OCH3 is 1. The second-order valence-corrected chi connectivity index (χ2v) is 5.75. The van der Waals surface area contributed by atoms with Gasteiger partial charge in [-0.1, -0.05) is 18.2 Å². The third-order valence-corrected chi connectivity index (χ3v) is 3.63.